The highest BCUT2D eigenvalue weighted by Crippen LogP contribution is 2.13. The summed E-state index contributed by atoms with van der Waals surface area (Å²) in [6, 6.07) is 7.81. The van der Waals surface area contributed by atoms with Crippen molar-refractivity contribution in [2.75, 3.05) is 39.8 Å². The monoisotopic (exact) mass is 327 g/mol. The lowest BCUT2D eigenvalue weighted by Crippen LogP contribution is -2.35. The third kappa shape index (κ3) is 5.92. The number of benzene rings is 1. The molecule has 1 aromatic rings. The first-order chi connectivity index (χ1) is 10.6. The first kappa shape index (κ1) is 17.2. The number of nitrogens with one attached hydrogen (secondary N) is 2. The molecule has 1 heterocycles. The molecular weight excluding hydrogens is 302 g/mol. The zero-order valence-electron chi connectivity index (χ0n) is 13.0. The topological polar surface area (TPSA) is 70.7 Å². The Morgan fingerprint density at radius 1 is 1.18 bits per heavy atom. The van der Waals surface area contributed by atoms with Gasteiger partial charge in [0, 0.05) is 20.1 Å². The van der Waals surface area contributed by atoms with Gasteiger partial charge in [0.15, 0.2) is 0 Å². The first-order valence-electron chi connectivity index (χ1n) is 7.71. The standard InChI is InChI=1S/C15H25N3O3S/c1-16-22(19,20)17-9-8-14-4-6-15(7-5-14)21-13-12-18-10-2-3-11-18/h4-7,16-17H,2-3,8-13H2,1H3. The van der Waals surface area contributed by atoms with E-state index in [-0.39, 0.29) is 0 Å². The van der Waals surface area contributed by atoms with E-state index in [1.54, 1.807) is 0 Å². The normalized spacial score (nSPS) is 16.0. The maximum atomic E-state index is 11.2. The van der Waals surface area contributed by atoms with E-state index in [4.69, 9.17) is 4.74 Å². The van der Waals surface area contributed by atoms with Gasteiger partial charge in [-0.2, -0.15) is 8.42 Å². The van der Waals surface area contributed by atoms with Gasteiger partial charge in [0.05, 0.1) is 0 Å². The molecule has 6 nitrogen and oxygen atoms in total. The Hall–Kier alpha value is -1.15. The van der Waals surface area contributed by atoms with Crippen molar-refractivity contribution in [1.82, 2.24) is 14.3 Å². The molecule has 1 aliphatic heterocycles. The lowest BCUT2D eigenvalue weighted by atomic mass is 10.1. The van der Waals surface area contributed by atoms with Crippen molar-refractivity contribution in [1.29, 1.82) is 0 Å². The van der Waals surface area contributed by atoms with Gasteiger partial charge in [0.2, 0.25) is 0 Å². The second-order valence-electron chi connectivity index (χ2n) is 5.39. The Kier molecular flexibility index (Phi) is 6.63. The third-order valence-corrected chi connectivity index (χ3v) is 4.89. The van der Waals surface area contributed by atoms with Crippen LogP contribution in [0.25, 0.3) is 0 Å². The molecule has 0 aromatic heterocycles. The summed E-state index contributed by atoms with van der Waals surface area (Å²) in [5.74, 6) is 0.860. The molecule has 0 aliphatic carbocycles. The quantitative estimate of drug-likeness (QED) is 0.702. The number of hydrogen-bond acceptors (Lipinski definition) is 4. The van der Waals surface area contributed by atoms with Gasteiger partial charge in [-0.25, -0.2) is 9.44 Å². The first-order valence-corrected chi connectivity index (χ1v) is 9.19. The number of likely N-dealkylation sites (tertiary alicyclic amines) is 1. The van der Waals surface area contributed by atoms with Crippen LogP contribution >= 0.6 is 0 Å². The molecule has 1 aliphatic rings. The van der Waals surface area contributed by atoms with Crippen LogP contribution in [0, 0.1) is 0 Å². The predicted octanol–water partition coefficient (Wildman–Crippen LogP) is 0.758. The molecule has 2 rings (SSSR count). The Morgan fingerprint density at radius 3 is 2.50 bits per heavy atom. The molecule has 1 aromatic carbocycles. The smallest absolute Gasteiger partial charge is 0.276 e. The fourth-order valence-electron chi connectivity index (χ4n) is 2.45. The van der Waals surface area contributed by atoms with E-state index >= 15 is 0 Å². The summed E-state index contributed by atoms with van der Waals surface area (Å²) < 4.78 is 32.9. The van der Waals surface area contributed by atoms with Gasteiger partial charge < -0.3 is 4.74 Å². The number of ether oxygens (including phenoxy) is 1. The van der Waals surface area contributed by atoms with Gasteiger partial charge in [-0.3, -0.25) is 4.90 Å². The van der Waals surface area contributed by atoms with E-state index in [1.165, 1.54) is 33.0 Å². The van der Waals surface area contributed by atoms with Gasteiger partial charge in [-0.1, -0.05) is 12.1 Å². The predicted molar refractivity (Wildman–Crippen MR) is 87.3 cm³/mol. The molecule has 7 heteroatoms. The summed E-state index contributed by atoms with van der Waals surface area (Å²) in [6.45, 7) is 4.43. The largest absolute Gasteiger partial charge is 0.492 e. The molecule has 0 radical (unpaired) electrons. The van der Waals surface area contributed by atoms with Crippen LogP contribution in [0.2, 0.25) is 0 Å². The summed E-state index contributed by atoms with van der Waals surface area (Å²) in [6.07, 6.45) is 3.24. The van der Waals surface area contributed by atoms with E-state index in [9.17, 15) is 8.42 Å². The van der Waals surface area contributed by atoms with Gasteiger partial charge in [-0.05, 0) is 50.0 Å². The Labute approximate surface area is 133 Å². The second kappa shape index (κ2) is 8.47. The molecule has 2 N–H and O–H groups in total. The van der Waals surface area contributed by atoms with Crippen LogP contribution in [0.15, 0.2) is 24.3 Å². The SMILES string of the molecule is CNS(=O)(=O)NCCc1ccc(OCCN2CCCC2)cc1. The van der Waals surface area contributed by atoms with E-state index in [1.807, 2.05) is 24.3 Å². The van der Waals surface area contributed by atoms with Crippen molar-refractivity contribution in [3.05, 3.63) is 29.8 Å². The summed E-state index contributed by atoms with van der Waals surface area (Å²) in [7, 11) is -1.96. The zero-order chi connectivity index (χ0) is 15.8. The van der Waals surface area contributed by atoms with Crippen LogP contribution in [0.3, 0.4) is 0 Å². The van der Waals surface area contributed by atoms with Crippen LogP contribution in [0.5, 0.6) is 5.75 Å². The Morgan fingerprint density at radius 2 is 1.86 bits per heavy atom. The molecule has 1 fully saturated rings. The molecule has 0 amide bonds. The summed E-state index contributed by atoms with van der Waals surface area (Å²) >= 11 is 0. The fraction of sp³-hybridized carbons (Fsp3) is 0.600. The zero-order valence-corrected chi connectivity index (χ0v) is 13.9. The van der Waals surface area contributed by atoms with Gasteiger partial charge in [0.25, 0.3) is 10.2 Å². The number of rotatable bonds is 9. The van der Waals surface area contributed by atoms with E-state index < -0.39 is 10.2 Å². The van der Waals surface area contributed by atoms with Crippen molar-refractivity contribution >= 4 is 10.2 Å². The molecule has 0 spiro atoms. The Balaban J connectivity index is 1.68. The van der Waals surface area contributed by atoms with E-state index in [2.05, 4.69) is 14.3 Å². The van der Waals surface area contributed by atoms with Crippen LogP contribution < -0.4 is 14.2 Å². The van der Waals surface area contributed by atoms with E-state index in [0.717, 1.165) is 17.9 Å². The van der Waals surface area contributed by atoms with Gasteiger partial charge >= 0.3 is 0 Å². The average Bonchev–Trinajstić information content (AvgIpc) is 3.02. The average molecular weight is 327 g/mol. The lowest BCUT2D eigenvalue weighted by Gasteiger charge is -2.15. The minimum Gasteiger partial charge on any atom is -0.492 e. The molecule has 0 atom stereocenters. The van der Waals surface area contributed by atoms with Crippen molar-refractivity contribution in [2.24, 2.45) is 0 Å². The third-order valence-electron chi connectivity index (χ3n) is 3.77. The highest BCUT2D eigenvalue weighted by molar-refractivity contribution is 7.87. The van der Waals surface area contributed by atoms with Crippen molar-refractivity contribution in [2.45, 2.75) is 19.3 Å². The van der Waals surface area contributed by atoms with Gasteiger partial charge in [0.1, 0.15) is 12.4 Å². The molecular formula is C15H25N3O3S. The van der Waals surface area contributed by atoms with Crippen molar-refractivity contribution in [3.8, 4) is 5.75 Å². The van der Waals surface area contributed by atoms with Gasteiger partial charge in [-0.15, -0.1) is 0 Å². The minimum absolute atomic E-state index is 0.373. The molecule has 1 saturated heterocycles. The molecule has 0 unspecified atom stereocenters. The van der Waals surface area contributed by atoms with Crippen molar-refractivity contribution < 1.29 is 13.2 Å². The van der Waals surface area contributed by atoms with Crippen molar-refractivity contribution in [3.63, 3.8) is 0 Å². The molecule has 0 bridgehead atoms. The second-order valence-corrected chi connectivity index (χ2v) is 7.10. The maximum absolute atomic E-state index is 11.2. The molecule has 124 valence electrons. The molecule has 0 saturated carbocycles. The number of nitrogens with zero attached hydrogens (tertiary/aromatic N) is 1. The highest BCUT2D eigenvalue weighted by Gasteiger charge is 2.10. The van der Waals surface area contributed by atoms with Crippen LogP contribution in [-0.4, -0.2) is 53.2 Å². The maximum Gasteiger partial charge on any atom is 0.276 e. The van der Waals surface area contributed by atoms with Crippen LogP contribution in [-0.2, 0) is 16.6 Å². The summed E-state index contributed by atoms with van der Waals surface area (Å²) in [5.41, 5.74) is 1.07. The number of hydrogen-bond donors (Lipinski definition) is 2. The van der Waals surface area contributed by atoms with Crippen LogP contribution in [0.1, 0.15) is 18.4 Å². The summed E-state index contributed by atoms with van der Waals surface area (Å²) in [5, 5.41) is 0. The molecule has 22 heavy (non-hydrogen) atoms. The minimum atomic E-state index is -3.35. The lowest BCUT2D eigenvalue weighted by molar-refractivity contribution is 0.238. The van der Waals surface area contributed by atoms with Crippen LogP contribution in [0.4, 0.5) is 0 Å². The Bertz CT molecular complexity index is 540. The summed E-state index contributed by atoms with van der Waals surface area (Å²) in [4.78, 5) is 2.42. The highest BCUT2D eigenvalue weighted by atomic mass is 32.2. The van der Waals surface area contributed by atoms with E-state index in [0.29, 0.717) is 19.6 Å². The fourth-order valence-corrected chi connectivity index (χ4v) is 2.97.